The van der Waals surface area contributed by atoms with Gasteiger partial charge in [0.25, 0.3) is 5.91 Å². The zero-order valence-electron chi connectivity index (χ0n) is 18.9. The normalized spacial score (nSPS) is 27.6. The minimum Gasteiger partial charge on any atom is -0.489 e. The lowest BCUT2D eigenvalue weighted by Crippen LogP contribution is -2.52. The summed E-state index contributed by atoms with van der Waals surface area (Å²) >= 11 is 0. The average Bonchev–Trinajstić information content (AvgIpc) is 3.19. The maximum Gasteiger partial charge on any atom is 0.255 e. The van der Waals surface area contributed by atoms with Crippen molar-refractivity contribution in [3.05, 3.63) is 29.3 Å². The molecule has 1 aromatic rings. The van der Waals surface area contributed by atoms with E-state index in [4.69, 9.17) is 4.74 Å². The molecular weight excluding hydrogens is 394 g/mol. The molecule has 1 unspecified atom stereocenters. The van der Waals surface area contributed by atoms with Gasteiger partial charge in [-0.15, -0.1) is 0 Å². The van der Waals surface area contributed by atoms with Crippen LogP contribution in [0.3, 0.4) is 0 Å². The predicted octanol–water partition coefficient (Wildman–Crippen LogP) is 2.73. The fourth-order valence-electron chi connectivity index (χ4n) is 5.44. The number of piperidine rings is 1. The zero-order chi connectivity index (χ0) is 22.3. The number of hydrogen-bond donors (Lipinski definition) is 1. The number of ether oxygens (including phenoxy) is 1. The molecule has 1 aliphatic carbocycles. The average molecular weight is 428 g/mol. The lowest BCUT2D eigenvalue weighted by atomic mass is 9.91. The number of amides is 3. The highest BCUT2D eigenvalue weighted by Gasteiger charge is 2.43. The highest BCUT2D eigenvalue weighted by molar-refractivity contribution is 6.05. The molecule has 0 radical (unpaired) electrons. The number of imide groups is 1. The van der Waals surface area contributed by atoms with Crippen molar-refractivity contribution in [1.82, 2.24) is 15.1 Å². The first kappa shape index (κ1) is 21.8. The van der Waals surface area contributed by atoms with Crippen molar-refractivity contribution in [3.63, 3.8) is 0 Å². The summed E-state index contributed by atoms with van der Waals surface area (Å²) in [4.78, 5) is 40.6. The summed E-state index contributed by atoms with van der Waals surface area (Å²) in [5.41, 5.74) is 1.72. The van der Waals surface area contributed by atoms with Gasteiger partial charge in [0, 0.05) is 24.6 Å². The number of nitrogens with zero attached hydrogens (tertiary/aromatic N) is 2. The Morgan fingerprint density at radius 1 is 1.16 bits per heavy atom. The third-order valence-electron chi connectivity index (χ3n) is 7.01. The molecule has 1 aromatic carbocycles. The Morgan fingerprint density at radius 2 is 1.90 bits per heavy atom. The van der Waals surface area contributed by atoms with Crippen LogP contribution in [0.15, 0.2) is 18.2 Å². The predicted molar refractivity (Wildman–Crippen MR) is 117 cm³/mol. The molecule has 3 atom stereocenters. The van der Waals surface area contributed by atoms with Crippen LogP contribution in [-0.4, -0.2) is 58.8 Å². The molecule has 7 heteroatoms. The van der Waals surface area contributed by atoms with Crippen LogP contribution >= 0.6 is 0 Å². The van der Waals surface area contributed by atoms with Crippen LogP contribution in [0.1, 0.15) is 69.3 Å². The summed E-state index contributed by atoms with van der Waals surface area (Å²) < 4.78 is 6.49. The van der Waals surface area contributed by atoms with E-state index in [1.165, 1.54) is 0 Å². The fourth-order valence-corrected chi connectivity index (χ4v) is 5.44. The minimum absolute atomic E-state index is 0.108. The van der Waals surface area contributed by atoms with Crippen molar-refractivity contribution in [2.75, 3.05) is 13.1 Å². The summed E-state index contributed by atoms with van der Waals surface area (Å²) in [6, 6.07) is 5.41. The van der Waals surface area contributed by atoms with E-state index >= 15 is 0 Å². The molecule has 3 aliphatic rings. The Balaban J connectivity index is 1.51. The SMILES string of the molecule is CCN(CC)[C@H]1CC(C)(C)C[C@@H]1Oc1ccc2c(c1)CN(C1CCC(=O)NC1=O)C2=O. The van der Waals surface area contributed by atoms with Crippen LogP contribution in [0.2, 0.25) is 0 Å². The minimum atomic E-state index is -0.593. The van der Waals surface area contributed by atoms with E-state index in [-0.39, 0.29) is 35.7 Å². The number of benzene rings is 1. The van der Waals surface area contributed by atoms with Gasteiger partial charge in [0.1, 0.15) is 17.9 Å². The first-order valence-corrected chi connectivity index (χ1v) is 11.4. The third kappa shape index (κ3) is 4.20. The van der Waals surface area contributed by atoms with Crippen molar-refractivity contribution in [2.45, 2.75) is 78.1 Å². The van der Waals surface area contributed by atoms with Crippen molar-refractivity contribution in [2.24, 2.45) is 5.41 Å². The molecule has 1 saturated carbocycles. The Morgan fingerprint density at radius 3 is 2.58 bits per heavy atom. The van der Waals surface area contributed by atoms with Crippen molar-refractivity contribution in [1.29, 1.82) is 0 Å². The zero-order valence-corrected chi connectivity index (χ0v) is 18.9. The molecule has 0 bridgehead atoms. The molecule has 2 heterocycles. The smallest absolute Gasteiger partial charge is 0.255 e. The Labute approximate surface area is 184 Å². The molecule has 7 nitrogen and oxygen atoms in total. The monoisotopic (exact) mass is 427 g/mol. The third-order valence-corrected chi connectivity index (χ3v) is 7.01. The van der Waals surface area contributed by atoms with Crippen LogP contribution in [0.25, 0.3) is 0 Å². The van der Waals surface area contributed by atoms with Crippen molar-refractivity contribution >= 4 is 17.7 Å². The van der Waals surface area contributed by atoms with Gasteiger partial charge in [-0.2, -0.15) is 0 Å². The van der Waals surface area contributed by atoms with E-state index in [1.807, 2.05) is 18.2 Å². The summed E-state index contributed by atoms with van der Waals surface area (Å²) in [5, 5.41) is 2.35. The lowest BCUT2D eigenvalue weighted by molar-refractivity contribution is -0.136. The number of carbonyl (C=O) groups excluding carboxylic acids is 3. The maximum atomic E-state index is 12.9. The molecule has 1 saturated heterocycles. The van der Waals surface area contributed by atoms with Gasteiger partial charge >= 0.3 is 0 Å². The quantitative estimate of drug-likeness (QED) is 0.707. The van der Waals surface area contributed by atoms with Gasteiger partial charge in [-0.05, 0) is 61.5 Å². The Kier molecular flexibility index (Phi) is 5.81. The highest BCUT2D eigenvalue weighted by Crippen LogP contribution is 2.42. The van der Waals surface area contributed by atoms with Crippen LogP contribution < -0.4 is 10.1 Å². The standard InChI is InChI=1S/C24H33N3O4/c1-5-26(6-2)19-12-24(3,4)13-20(19)31-16-7-8-17-15(11-16)14-27(23(17)30)18-9-10-21(28)25-22(18)29/h7-8,11,18-20H,5-6,9-10,12-14H2,1-4H3,(H,25,28,29)/t18?,19-,20-/m0/s1. The fraction of sp³-hybridized carbons (Fsp3) is 0.625. The maximum absolute atomic E-state index is 12.9. The molecule has 0 spiro atoms. The molecule has 0 aromatic heterocycles. The Bertz CT molecular complexity index is 893. The van der Waals surface area contributed by atoms with Crippen molar-refractivity contribution in [3.8, 4) is 5.75 Å². The summed E-state index contributed by atoms with van der Waals surface area (Å²) in [7, 11) is 0. The van der Waals surface area contributed by atoms with E-state index in [0.29, 0.717) is 24.6 Å². The van der Waals surface area contributed by atoms with Gasteiger partial charge in [0.05, 0.1) is 0 Å². The first-order valence-electron chi connectivity index (χ1n) is 11.4. The molecule has 168 valence electrons. The van der Waals surface area contributed by atoms with Gasteiger partial charge in [-0.3, -0.25) is 24.6 Å². The number of nitrogens with one attached hydrogen (secondary N) is 1. The summed E-state index contributed by atoms with van der Waals surface area (Å²) in [6.07, 6.45) is 2.83. The molecule has 31 heavy (non-hydrogen) atoms. The van der Waals surface area contributed by atoms with Gasteiger partial charge in [-0.25, -0.2) is 0 Å². The molecule has 3 amide bonds. The molecular formula is C24H33N3O4. The number of likely N-dealkylation sites (N-methyl/N-ethyl adjacent to an activating group) is 1. The summed E-state index contributed by atoms with van der Waals surface area (Å²) in [5.74, 6) is -0.0388. The van der Waals surface area contributed by atoms with E-state index < -0.39 is 6.04 Å². The number of hydrogen-bond acceptors (Lipinski definition) is 5. The molecule has 4 rings (SSSR count). The van der Waals surface area contributed by atoms with Gasteiger partial charge < -0.3 is 9.64 Å². The van der Waals surface area contributed by atoms with E-state index in [9.17, 15) is 14.4 Å². The lowest BCUT2D eigenvalue weighted by Gasteiger charge is -2.31. The summed E-state index contributed by atoms with van der Waals surface area (Å²) in [6.45, 7) is 11.3. The van der Waals surface area contributed by atoms with Crippen LogP contribution in [0.5, 0.6) is 5.75 Å². The van der Waals surface area contributed by atoms with Crippen LogP contribution in [-0.2, 0) is 16.1 Å². The van der Waals surface area contributed by atoms with Gasteiger partial charge in [0.15, 0.2) is 0 Å². The second kappa shape index (κ2) is 8.26. The Hall–Kier alpha value is -2.41. The van der Waals surface area contributed by atoms with Crippen molar-refractivity contribution < 1.29 is 19.1 Å². The van der Waals surface area contributed by atoms with Gasteiger partial charge in [0.2, 0.25) is 11.8 Å². The molecule has 2 fully saturated rings. The number of rotatable bonds is 6. The van der Waals surface area contributed by atoms with Gasteiger partial charge in [-0.1, -0.05) is 27.7 Å². The highest BCUT2D eigenvalue weighted by atomic mass is 16.5. The van der Waals surface area contributed by atoms with E-state index in [2.05, 4.69) is 37.9 Å². The van der Waals surface area contributed by atoms with Crippen LogP contribution in [0, 0.1) is 5.41 Å². The molecule has 2 aliphatic heterocycles. The topological polar surface area (TPSA) is 79.0 Å². The van der Waals surface area contributed by atoms with E-state index in [1.54, 1.807) is 4.90 Å². The number of carbonyl (C=O) groups is 3. The second-order valence-corrected chi connectivity index (χ2v) is 9.74. The van der Waals surface area contributed by atoms with E-state index in [0.717, 1.165) is 37.2 Å². The second-order valence-electron chi connectivity index (χ2n) is 9.74. The molecule has 1 N–H and O–H groups in total. The van der Waals surface area contributed by atoms with Crippen LogP contribution in [0.4, 0.5) is 0 Å². The number of fused-ring (bicyclic) bond motifs is 1. The largest absolute Gasteiger partial charge is 0.489 e. The first-order chi connectivity index (χ1) is 14.7.